The Morgan fingerprint density at radius 3 is 2.60 bits per heavy atom. The fraction of sp³-hybridized carbons (Fsp3) is 0. The Morgan fingerprint density at radius 1 is 0.943 bits per heavy atom. The van der Waals surface area contributed by atoms with E-state index in [0.29, 0.717) is 34.1 Å². The van der Waals surface area contributed by atoms with Gasteiger partial charge in [0, 0.05) is 35.1 Å². The van der Waals surface area contributed by atoms with E-state index in [0.717, 1.165) is 6.20 Å². The average Bonchev–Trinajstić information content (AvgIpc) is 3.32. The molecule has 8 nitrogen and oxygen atoms in total. The summed E-state index contributed by atoms with van der Waals surface area (Å²) in [5, 5.41) is 7.47. The number of pyridine rings is 1. The van der Waals surface area contributed by atoms with Gasteiger partial charge in [-0.05, 0) is 36.4 Å². The van der Waals surface area contributed by atoms with Crippen molar-refractivity contribution < 1.29 is 21.9 Å². The summed E-state index contributed by atoms with van der Waals surface area (Å²) < 4.78 is 64.6. The van der Waals surface area contributed by atoms with Gasteiger partial charge in [0.2, 0.25) is 0 Å². The van der Waals surface area contributed by atoms with Gasteiger partial charge in [-0.2, -0.15) is 10.2 Å². The first-order chi connectivity index (χ1) is 16.8. The van der Waals surface area contributed by atoms with E-state index >= 15 is 0 Å². The van der Waals surface area contributed by atoms with Crippen LogP contribution < -0.4 is 9.46 Å². The number of nitrogens with zero attached hydrogens (tertiary/aromatic N) is 4. The lowest BCUT2D eigenvalue weighted by Gasteiger charge is -2.15. The van der Waals surface area contributed by atoms with Gasteiger partial charge in [-0.25, -0.2) is 22.2 Å². The van der Waals surface area contributed by atoms with Crippen molar-refractivity contribution in [2.24, 2.45) is 0 Å². The maximum atomic E-state index is 15.0. The summed E-state index contributed by atoms with van der Waals surface area (Å²) in [4.78, 5) is 3.35. The maximum Gasteiger partial charge on any atom is 0.264 e. The van der Waals surface area contributed by atoms with Gasteiger partial charge in [-0.1, -0.05) is 17.7 Å². The molecule has 1 N–H and O–H groups in total. The third kappa shape index (κ3) is 4.51. The van der Waals surface area contributed by atoms with Crippen LogP contribution in [-0.4, -0.2) is 28.0 Å². The van der Waals surface area contributed by atoms with Crippen LogP contribution in [0.4, 0.5) is 14.5 Å². The number of imidazole rings is 1. The summed E-state index contributed by atoms with van der Waals surface area (Å²) >= 11 is 6.19. The molecule has 0 aliphatic rings. The lowest BCUT2D eigenvalue weighted by Crippen LogP contribution is -2.15. The van der Waals surface area contributed by atoms with Gasteiger partial charge in [-0.15, -0.1) is 0 Å². The van der Waals surface area contributed by atoms with Crippen LogP contribution in [-0.2, 0) is 10.0 Å². The summed E-state index contributed by atoms with van der Waals surface area (Å²) in [5.74, 6) is -2.62. The molecule has 176 valence electrons. The molecule has 0 amide bonds. The number of hydrogen-bond donors (Lipinski definition) is 1. The molecule has 0 aliphatic carbocycles. The van der Waals surface area contributed by atoms with Crippen LogP contribution >= 0.6 is 11.6 Å². The number of rotatable bonds is 6. The highest BCUT2D eigenvalue weighted by molar-refractivity contribution is 7.92. The van der Waals surface area contributed by atoms with Crippen molar-refractivity contribution in [1.82, 2.24) is 19.6 Å². The number of nitrogens with one attached hydrogen (secondary N) is 1. The Morgan fingerprint density at radius 2 is 1.80 bits per heavy atom. The smallest absolute Gasteiger partial charge is 0.264 e. The first-order valence-corrected chi connectivity index (χ1v) is 11.9. The van der Waals surface area contributed by atoms with Gasteiger partial charge in [0.1, 0.15) is 22.1 Å². The molecule has 0 atom stereocenters. The van der Waals surface area contributed by atoms with Crippen molar-refractivity contribution in [2.45, 2.75) is 4.90 Å². The van der Waals surface area contributed by atoms with Crippen LogP contribution in [0.25, 0.3) is 16.9 Å². The van der Waals surface area contributed by atoms with Gasteiger partial charge in [0.05, 0.1) is 23.8 Å². The normalized spacial score (nSPS) is 11.5. The van der Waals surface area contributed by atoms with E-state index in [1.165, 1.54) is 24.4 Å². The van der Waals surface area contributed by atoms with Gasteiger partial charge in [0.15, 0.2) is 11.6 Å². The molecule has 5 rings (SSSR count). The largest absolute Gasteiger partial charge is 0.453 e. The second-order valence-electron chi connectivity index (χ2n) is 7.26. The van der Waals surface area contributed by atoms with Gasteiger partial charge in [0.25, 0.3) is 10.0 Å². The van der Waals surface area contributed by atoms with E-state index in [4.69, 9.17) is 16.3 Å². The zero-order valence-corrected chi connectivity index (χ0v) is 19.1. The van der Waals surface area contributed by atoms with Gasteiger partial charge < -0.3 is 4.74 Å². The van der Waals surface area contributed by atoms with E-state index in [9.17, 15) is 17.2 Å². The fourth-order valence-electron chi connectivity index (χ4n) is 3.43. The van der Waals surface area contributed by atoms with E-state index in [2.05, 4.69) is 19.9 Å². The molecule has 3 heterocycles. The van der Waals surface area contributed by atoms with Crippen LogP contribution in [0.1, 0.15) is 0 Å². The molecule has 5 aromatic rings. The first-order valence-electron chi connectivity index (χ1n) is 10.0. The molecule has 0 saturated carbocycles. The number of sulfonamides is 1. The highest BCUT2D eigenvalue weighted by Crippen LogP contribution is 2.37. The van der Waals surface area contributed by atoms with E-state index in [1.54, 1.807) is 41.1 Å². The lowest BCUT2D eigenvalue weighted by atomic mass is 10.1. The van der Waals surface area contributed by atoms with Gasteiger partial charge in [-0.3, -0.25) is 9.12 Å². The van der Waals surface area contributed by atoms with Crippen LogP contribution in [0.15, 0.2) is 84.3 Å². The number of aromatic nitrogens is 4. The van der Waals surface area contributed by atoms with Crippen molar-refractivity contribution in [1.29, 1.82) is 0 Å². The summed E-state index contributed by atoms with van der Waals surface area (Å²) in [6.45, 7) is 0. The molecule has 0 bridgehead atoms. The highest BCUT2D eigenvalue weighted by atomic mass is 35.5. The van der Waals surface area contributed by atoms with Crippen LogP contribution in [0.2, 0.25) is 5.02 Å². The summed E-state index contributed by atoms with van der Waals surface area (Å²) in [7, 11) is -4.45. The number of ether oxygens (including phenoxy) is 1. The summed E-state index contributed by atoms with van der Waals surface area (Å²) in [6, 6.07) is 12.6. The van der Waals surface area contributed by atoms with Crippen molar-refractivity contribution in [3.63, 3.8) is 0 Å². The predicted octanol–water partition coefficient (Wildman–Crippen LogP) is 5.32. The Hall–Kier alpha value is -4.09. The molecule has 3 aromatic heterocycles. The monoisotopic (exact) mass is 513 g/mol. The number of anilines is 1. The Labute approximate surface area is 202 Å². The predicted molar refractivity (Wildman–Crippen MR) is 125 cm³/mol. The van der Waals surface area contributed by atoms with Crippen LogP contribution in [0.5, 0.6) is 11.5 Å². The third-order valence-electron chi connectivity index (χ3n) is 4.98. The number of halogens is 3. The second-order valence-corrected chi connectivity index (χ2v) is 9.35. The first kappa shape index (κ1) is 22.7. The van der Waals surface area contributed by atoms with Crippen molar-refractivity contribution in [2.75, 3.05) is 4.72 Å². The molecular formula is C23H14ClF2N5O3S. The van der Waals surface area contributed by atoms with Crippen molar-refractivity contribution in [3.8, 4) is 22.8 Å². The molecule has 0 fully saturated rings. The summed E-state index contributed by atoms with van der Waals surface area (Å²) in [5.41, 5.74) is 1.84. The Kier molecular flexibility index (Phi) is 5.79. The lowest BCUT2D eigenvalue weighted by molar-refractivity contribution is 0.433. The molecule has 0 radical (unpaired) electrons. The summed E-state index contributed by atoms with van der Waals surface area (Å²) in [6.07, 6.45) is 5.74. The fourth-order valence-corrected chi connectivity index (χ4v) is 4.72. The van der Waals surface area contributed by atoms with Crippen LogP contribution in [0.3, 0.4) is 0 Å². The zero-order valence-electron chi connectivity index (χ0n) is 17.6. The number of hydrogen-bond acceptors (Lipinski definition) is 6. The minimum atomic E-state index is -4.45. The molecular weight excluding hydrogens is 500 g/mol. The highest BCUT2D eigenvalue weighted by Gasteiger charge is 2.24. The maximum absolute atomic E-state index is 15.0. The van der Waals surface area contributed by atoms with Crippen molar-refractivity contribution in [3.05, 3.63) is 96.0 Å². The van der Waals surface area contributed by atoms with E-state index in [-0.39, 0.29) is 11.4 Å². The second kappa shape index (κ2) is 8.93. The minimum Gasteiger partial charge on any atom is -0.453 e. The van der Waals surface area contributed by atoms with E-state index < -0.39 is 32.3 Å². The van der Waals surface area contributed by atoms with E-state index in [1.807, 2.05) is 0 Å². The van der Waals surface area contributed by atoms with Crippen LogP contribution in [0, 0.1) is 11.6 Å². The molecule has 12 heteroatoms. The molecule has 2 aromatic carbocycles. The van der Waals surface area contributed by atoms with Gasteiger partial charge >= 0.3 is 0 Å². The standard InChI is InChI=1S/C23H14ClF2N5O3S/c24-14-4-5-20(16(10-14)19-2-1-3-23-27-8-9-31(19)23)34-21-11-18(26)22(12-17(21)25)35(32,33)30-15-6-7-28-29-13-15/h1-13H,(H,28,30). The SMILES string of the molecule is O=S(=O)(Nc1ccnnc1)c1cc(F)c(Oc2ccc(Cl)cc2-c2cccc3nccn23)cc1F. The number of fused-ring (bicyclic) bond motifs is 1. The Balaban J connectivity index is 1.52. The topological polar surface area (TPSA) is 98.5 Å². The minimum absolute atomic E-state index is 0.0413. The third-order valence-corrected chi connectivity index (χ3v) is 6.61. The molecule has 0 saturated heterocycles. The quantitative estimate of drug-likeness (QED) is 0.330. The molecule has 0 spiro atoms. The average molecular weight is 514 g/mol. The Bertz CT molecular complexity index is 1660. The van der Waals surface area contributed by atoms with Crippen molar-refractivity contribution >= 4 is 33.0 Å². The zero-order chi connectivity index (χ0) is 24.6. The number of benzene rings is 2. The molecule has 35 heavy (non-hydrogen) atoms. The molecule has 0 unspecified atom stereocenters. The molecule has 0 aliphatic heterocycles.